The van der Waals surface area contributed by atoms with Crippen LogP contribution in [-0.2, 0) is 16.0 Å². The molecule has 11 heteroatoms. The quantitative estimate of drug-likeness (QED) is 0.284. The molecule has 11 nitrogen and oxygen atoms in total. The van der Waals surface area contributed by atoms with Crippen LogP contribution in [-0.4, -0.2) is 59.0 Å². The molecule has 2 saturated carbocycles. The largest absolute Gasteiger partial charge is 0.390 e. The first-order valence-corrected chi connectivity index (χ1v) is 12.0. The lowest BCUT2D eigenvalue weighted by Crippen LogP contribution is -2.57. The number of hydrogen-bond acceptors (Lipinski definition) is 7. The summed E-state index contributed by atoms with van der Waals surface area (Å²) >= 11 is 0. The summed E-state index contributed by atoms with van der Waals surface area (Å²) in [6, 6.07) is 9.11. The zero-order valence-electron chi connectivity index (χ0n) is 19.3. The van der Waals surface area contributed by atoms with Crippen molar-refractivity contribution in [3.05, 3.63) is 56.8 Å². The van der Waals surface area contributed by atoms with Crippen molar-refractivity contribution in [3.63, 3.8) is 0 Å². The van der Waals surface area contributed by atoms with Crippen molar-refractivity contribution in [2.45, 2.75) is 94.4 Å². The molecule has 3 unspecified atom stereocenters. The molecule has 184 valence electrons. The Kier molecular flexibility index (Phi) is 8.28. The first-order chi connectivity index (χ1) is 16.5. The number of hydrogen-bond donors (Lipinski definition) is 3. The van der Waals surface area contributed by atoms with Crippen molar-refractivity contribution in [1.82, 2.24) is 5.32 Å². The van der Waals surface area contributed by atoms with Crippen molar-refractivity contribution in [2.75, 3.05) is 0 Å². The van der Waals surface area contributed by atoms with Crippen molar-refractivity contribution in [2.24, 2.45) is 22.1 Å². The number of ether oxygens (including phenoxy) is 2. The van der Waals surface area contributed by atoms with Gasteiger partial charge in [-0.25, -0.2) is 0 Å². The van der Waals surface area contributed by atoms with Crippen molar-refractivity contribution in [3.8, 4) is 0 Å². The Morgan fingerprint density at radius 1 is 1.06 bits per heavy atom. The van der Waals surface area contributed by atoms with Crippen LogP contribution in [0.25, 0.3) is 20.9 Å². The van der Waals surface area contributed by atoms with Crippen LogP contribution in [0.5, 0.6) is 0 Å². The molecule has 0 spiro atoms. The summed E-state index contributed by atoms with van der Waals surface area (Å²) in [7, 11) is 0. The van der Waals surface area contributed by atoms with Gasteiger partial charge in [-0.2, -0.15) is 0 Å². The molecule has 1 aliphatic heterocycles. The van der Waals surface area contributed by atoms with Crippen LogP contribution in [0.4, 0.5) is 0 Å². The van der Waals surface area contributed by atoms with Gasteiger partial charge in [0.15, 0.2) is 6.29 Å². The number of nitrogens with zero attached hydrogens (tertiary/aromatic N) is 6. The SMILES string of the molecule is C[C@H]1CC(N=[N+]=[N-])[C@H](O)[C@@H](O)[C@@H]1O[C@H]1OC([C@@H](NCc2ccccc2)C2CC2)CCC1N=[N+]=[N-]. The monoisotopic (exact) mass is 471 g/mol. The molecule has 3 fully saturated rings. The average molecular weight is 472 g/mol. The van der Waals surface area contributed by atoms with Crippen LogP contribution in [0, 0.1) is 11.8 Å². The minimum Gasteiger partial charge on any atom is -0.390 e. The molecule has 34 heavy (non-hydrogen) atoms. The van der Waals surface area contributed by atoms with Crippen LogP contribution in [0.1, 0.15) is 44.6 Å². The van der Waals surface area contributed by atoms with E-state index in [9.17, 15) is 10.2 Å². The molecule has 0 aromatic heterocycles. The third-order valence-corrected chi connectivity index (χ3v) is 7.23. The minimum atomic E-state index is -1.25. The van der Waals surface area contributed by atoms with Crippen LogP contribution in [0.2, 0.25) is 0 Å². The van der Waals surface area contributed by atoms with E-state index in [4.69, 9.17) is 20.5 Å². The maximum Gasteiger partial charge on any atom is 0.167 e. The molecule has 0 amide bonds. The van der Waals surface area contributed by atoms with E-state index >= 15 is 0 Å². The number of nitrogens with one attached hydrogen (secondary N) is 1. The highest BCUT2D eigenvalue weighted by atomic mass is 16.7. The van der Waals surface area contributed by atoms with Gasteiger partial charge in [0.1, 0.15) is 6.10 Å². The van der Waals surface area contributed by atoms with E-state index in [1.165, 1.54) is 5.56 Å². The third kappa shape index (κ3) is 5.82. The Hall–Kier alpha value is -2.36. The maximum absolute atomic E-state index is 10.7. The standard InChI is InChI=1S/C23H33N7O4/c1-13-11-17(28-30-25)20(31)21(32)22(13)34-23-16(27-29-24)9-10-18(33-23)19(15-7-8-15)26-12-14-5-3-2-4-6-14/h2-6,13,15-23,26,31-32H,7-12H2,1H3/t13-,16?,17?,18?,19-,20-,21+,22+,23+/m0/s1. The fourth-order valence-electron chi connectivity index (χ4n) is 5.22. The van der Waals surface area contributed by atoms with Gasteiger partial charge in [-0.3, -0.25) is 0 Å². The number of azide groups is 2. The molecule has 1 heterocycles. The summed E-state index contributed by atoms with van der Waals surface area (Å²) in [6.07, 6.45) is -0.176. The fraction of sp³-hybridized carbons (Fsp3) is 0.739. The lowest BCUT2D eigenvalue weighted by atomic mass is 9.80. The predicted octanol–water partition coefficient (Wildman–Crippen LogP) is 3.56. The van der Waals surface area contributed by atoms with Crippen LogP contribution in [0.3, 0.4) is 0 Å². The molecule has 3 N–H and O–H groups in total. The predicted molar refractivity (Wildman–Crippen MR) is 124 cm³/mol. The Labute approximate surface area is 198 Å². The Morgan fingerprint density at radius 2 is 1.76 bits per heavy atom. The second-order valence-corrected chi connectivity index (χ2v) is 9.69. The lowest BCUT2D eigenvalue weighted by molar-refractivity contribution is -0.263. The first kappa shape index (κ1) is 24.8. The van der Waals surface area contributed by atoms with Crippen LogP contribution >= 0.6 is 0 Å². The average Bonchev–Trinajstić information content (AvgIpc) is 3.68. The molecule has 9 atom stereocenters. The fourth-order valence-corrected chi connectivity index (χ4v) is 5.22. The van der Waals surface area contributed by atoms with Crippen molar-refractivity contribution in [1.29, 1.82) is 0 Å². The summed E-state index contributed by atoms with van der Waals surface area (Å²) in [4.78, 5) is 5.74. The van der Waals surface area contributed by atoms with Gasteiger partial charge in [0, 0.05) is 22.4 Å². The Bertz CT molecular complexity index is 904. The van der Waals surface area contributed by atoms with E-state index in [1.807, 2.05) is 25.1 Å². The smallest absolute Gasteiger partial charge is 0.167 e. The van der Waals surface area contributed by atoms with Gasteiger partial charge < -0.3 is 25.0 Å². The van der Waals surface area contributed by atoms with E-state index in [0.717, 1.165) is 25.8 Å². The molecule has 1 saturated heterocycles. The molecule has 3 aliphatic rings. The summed E-state index contributed by atoms with van der Waals surface area (Å²) in [5, 5.41) is 32.3. The summed E-state index contributed by atoms with van der Waals surface area (Å²) in [6.45, 7) is 2.61. The Morgan fingerprint density at radius 3 is 2.44 bits per heavy atom. The lowest BCUT2D eigenvalue weighted by Gasteiger charge is -2.44. The topological polar surface area (TPSA) is 168 Å². The van der Waals surface area contributed by atoms with Crippen LogP contribution < -0.4 is 5.32 Å². The van der Waals surface area contributed by atoms with E-state index in [-0.39, 0.29) is 18.1 Å². The summed E-state index contributed by atoms with van der Waals surface area (Å²) < 4.78 is 12.6. The second-order valence-electron chi connectivity index (χ2n) is 9.69. The molecule has 4 rings (SSSR count). The zero-order valence-corrected chi connectivity index (χ0v) is 19.3. The second kappa shape index (κ2) is 11.4. The van der Waals surface area contributed by atoms with Gasteiger partial charge in [0.2, 0.25) is 0 Å². The molecule has 1 aromatic carbocycles. The minimum absolute atomic E-state index is 0.122. The number of aliphatic hydroxyl groups is 2. The van der Waals surface area contributed by atoms with E-state index < -0.39 is 36.7 Å². The van der Waals surface area contributed by atoms with Gasteiger partial charge in [0.05, 0.1) is 30.4 Å². The van der Waals surface area contributed by atoms with E-state index in [1.54, 1.807) is 0 Å². The molecule has 0 radical (unpaired) electrons. The summed E-state index contributed by atoms with van der Waals surface area (Å²) in [5.74, 6) is 0.330. The van der Waals surface area contributed by atoms with Gasteiger partial charge in [-0.15, -0.1) is 0 Å². The number of benzene rings is 1. The molecular weight excluding hydrogens is 438 g/mol. The molecule has 1 aromatic rings. The molecule has 2 aliphatic carbocycles. The zero-order chi connectivity index (χ0) is 24.1. The first-order valence-electron chi connectivity index (χ1n) is 12.0. The van der Waals surface area contributed by atoms with Gasteiger partial charge in [-0.1, -0.05) is 47.5 Å². The van der Waals surface area contributed by atoms with Gasteiger partial charge in [0.25, 0.3) is 0 Å². The highest BCUT2D eigenvalue weighted by Crippen LogP contribution is 2.39. The van der Waals surface area contributed by atoms with Gasteiger partial charge >= 0.3 is 0 Å². The molecule has 0 bridgehead atoms. The van der Waals surface area contributed by atoms with Crippen LogP contribution in [0.15, 0.2) is 40.6 Å². The Balaban J connectivity index is 1.45. The summed E-state index contributed by atoms with van der Waals surface area (Å²) in [5.41, 5.74) is 19.0. The van der Waals surface area contributed by atoms with E-state index in [2.05, 4.69) is 37.5 Å². The maximum atomic E-state index is 10.7. The normalized spacial score (nSPS) is 36.7. The van der Waals surface area contributed by atoms with Crippen molar-refractivity contribution < 1.29 is 19.7 Å². The number of aliphatic hydroxyl groups excluding tert-OH is 2. The molecular formula is C23H33N7O4. The van der Waals surface area contributed by atoms with Gasteiger partial charge in [-0.05, 0) is 60.6 Å². The van der Waals surface area contributed by atoms with Crippen molar-refractivity contribution >= 4 is 0 Å². The highest BCUT2D eigenvalue weighted by Gasteiger charge is 2.46. The van der Waals surface area contributed by atoms with E-state index in [0.29, 0.717) is 18.8 Å². The number of rotatable bonds is 9. The third-order valence-electron chi connectivity index (χ3n) is 7.23. The highest BCUT2D eigenvalue weighted by molar-refractivity contribution is 5.14.